The van der Waals surface area contributed by atoms with Gasteiger partial charge in [0.05, 0.1) is 29.4 Å². The summed E-state index contributed by atoms with van der Waals surface area (Å²) in [5.41, 5.74) is 4.99. The second kappa shape index (κ2) is 10.5. The normalized spacial score (nSPS) is 14.7. The van der Waals surface area contributed by atoms with Crippen LogP contribution >= 0.6 is 0 Å². The van der Waals surface area contributed by atoms with E-state index in [0.717, 1.165) is 40.2 Å². The number of nitrogens with zero attached hydrogens (tertiary/aromatic N) is 6. The van der Waals surface area contributed by atoms with E-state index in [1.807, 2.05) is 61.0 Å². The quantitative estimate of drug-likeness (QED) is 0.312. The van der Waals surface area contributed by atoms with E-state index < -0.39 is 0 Å². The molecule has 0 bridgehead atoms. The fraction of sp³-hybridized carbons (Fsp3) is 0.233. The number of rotatable bonds is 6. The Labute approximate surface area is 231 Å². The number of imidazole rings is 1. The van der Waals surface area contributed by atoms with Crippen molar-refractivity contribution in [1.82, 2.24) is 29.4 Å². The number of pyridine rings is 1. The van der Waals surface area contributed by atoms with Gasteiger partial charge in [0, 0.05) is 37.8 Å². The molecule has 1 saturated heterocycles. The van der Waals surface area contributed by atoms with Crippen molar-refractivity contribution in [2.45, 2.75) is 26.4 Å². The molecule has 2 aromatic carbocycles. The van der Waals surface area contributed by atoms with E-state index in [9.17, 15) is 4.79 Å². The Bertz CT molecular complexity index is 1800. The molecule has 1 atom stereocenters. The topological polar surface area (TPSA) is 107 Å². The maximum atomic E-state index is 12.1. The van der Waals surface area contributed by atoms with Crippen molar-refractivity contribution >= 4 is 39.5 Å². The molecular formula is C30H27N7O3. The van der Waals surface area contributed by atoms with Gasteiger partial charge in [0.1, 0.15) is 29.4 Å². The molecule has 0 aliphatic carbocycles. The van der Waals surface area contributed by atoms with E-state index in [0.29, 0.717) is 35.8 Å². The summed E-state index contributed by atoms with van der Waals surface area (Å²) in [6.45, 7) is 4.73. The van der Waals surface area contributed by atoms with Crippen LogP contribution < -0.4 is 14.8 Å². The van der Waals surface area contributed by atoms with E-state index in [1.165, 1.54) is 6.33 Å². The van der Waals surface area contributed by atoms with Crippen LogP contribution in [0.3, 0.4) is 0 Å². The minimum atomic E-state index is -0.180. The molecule has 200 valence electrons. The highest BCUT2D eigenvalue weighted by Gasteiger charge is 2.27. The lowest BCUT2D eigenvalue weighted by atomic mass is 10.2. The molecule has 1 fully saturated rings. The number of amides is 1. The summed E-state index contributed by atoms with van der Waals surface area (Å²) in [5.74, 6) is 7.54. The molecule has 40 heavy (non-hydrogen) atoms. The Morgan fingerprint density at radius 1 is 1.07 bits per heavy atom. The lowest BCUT2D eigenvalue weighted by Crippen LogP contribution is -2.29. The Morgan fingerprint density at radius 2 is 1.98 bits per heavy atom. The Kier molecular flexibility index (Phi) is 6.62. The molecule has 3 aromatic heterocycles. The van der Waals surface area contributed by atoms with Gasteiger partial charge in [-0.2, -0.15) is 0 Å². The highest BCUT2D eigenvalue weighted by Crippen LogP contribution is 2.31. The molecule has 4 heterocycles. The minimum absolute atomic E-state index is 0.151. The lowest BCUT2D eigenvalue weighted by Gasteiger charge is -2.15. The van der Waals surface area contributed by atoms with Crippen molar-refractivity contribution in [2.75, 3.05) is 18.4 Å². The fourth-order valence-electron chi connectivity index (χ4n) is 4.73. The molecule has 6 rings (SSSR count). The van der Waals surface area contributed by atoms with Crippen LogP contribution in [0.15, 0.2) is 61.2 Å². The number of nitrogens with one attached hydrogen (secondary N) is 1. The van der Waals surface area contributed by atoms with Crippen molar-refractivity contribution in [1.29, 1.82) is 0 Å². The van der Waals surface area contributed by atoms with Crippen LogP contribution in [-0.4, -0.2) is 54.5 Å². The van der Waals surface area contributed by atoms with Crippen LogP contribution in [0.5, 0.6) is 17.4 Å². The van der Waals surface area contributed by atoms with Gasteiger partial charge < -0.3 is 24.3 Å². The van der Waals surface area contributed by atoms with Crippen LogP contribution in [0.1, 0.15) is 18.9 Å². The Hall–Kier alpha value is -5.17. The van der Waals surface area contributed by atoms with Gasteiger partial charge >= 0.3 is 0 Å². The van der Waals surface area contributed by atoms with Gasteiger partial charge in [-0.1, -0.05) is 5.92 Å². The first-order valence-corrected chi connectivity index (χ1v) is 12.9. The zero-order chi connectivity index (χ0) is 27.6. The molecular weight excluding hydrogens is 506 g/mol. The number of benzene rings is 2. The van der Waals surface area contributed by atoms with E-state index in [-0.39, 0.29) is 12.0 Å². The predicted molar refractivity (Wildman–Crippen MR) is 152 cm³/mol. The number of anilines is 2. The van der Waals surface area contributed by atoms with Crippen LogP contribution in [-0.2, 0) is 11.8 Å². The van der Waals surface area contributed by atoms with Gasteiger partial charge in [0.15, 0.2) is 5.82 Å². The third kappa shape index (κ3) is 5.09. The van der Waals surface area contributed by atoms with E-state index >= 15 is 0 Å². The largest absolute Gasteiger partial charge is 0.472 e. The third-order valence-corrected chi connectivity index (χ3v) is 6.77. The monoisotopic (exact) mass is 533 g/mol. The number of aryl methyl sites for hydroxylation is 2. The summed E-state index contributed by atoms with van der Waals surface area (Å²) in [6.07, 6.45) is 3.86. The van der Waals surface area contributed by atoms with Crippen LogP contribution in [0.25, 0.3) is 22.1 Å². The van der Waals surface area contributed by atoms with E-state index in [1.54, 1.807) is 24.2 Å². The Morgan fingerprint density at radius 3 is 2.83 bits per heavy atom. The summed E-state index contributed by atoms with van der Waals surface area (Å²) in [4.78, 5) is 31.6. The number of ether oxygens (including phenoxy) is 2. The maximum absolute atomic E-state index is 12.1. The smallest absolute Gasteiger partial charge is 0.298 e. The van der Waals surface area contributed by atoms with Crippen molar-refractivity contribution < 1.29 is 14.3 Å². The summed E-state index contributed by atoms with van der Waals surface area (Å²) in [7, 11) is 1.96. The molecule has 1 amide bonds. The standard InChI is InChI=1S/C30H27N7O3/c1-4-5-28(38)37-13-12-22(16-37)40-27-11-8-23-29(35-27)30(32-17-31-23)34-20-6-10-26(19(2)14-20)39-21-7-9-25-24(15-21)33-18-36(25)3/h6-11,14-15,17-18,22H,12-13,16H2,1-3H3,(H,31,32,34). The zero-order valence-electron chi connectivity index (χ0n) is 22.4. The van der Waals surface area contributed by atoms with E-state index in [4.69, 9.17) is 9.47 Å². The number of fused-ring (bicyclic) bond motifs is 2. The van der Waals surface area contributed by atoms with Gasteiger partial charge in [0.2, 0.25) is 5.88 Å². The molecule has 1 aliphatic rings. The fourth-order valence-corrected chi connectivity index (χ4v) is 4.73. The number of carbonyl (C=O) groups is 1. The van der Waals surface area contributed by atoms with Crippen molar-refractivity contribution in [3.63, 3.8) is 0 Å². The second-order valence-corrected chi connectivity index (χ2v) is 9.61. The van der Waals surface area contributed by atoms with Crippen molar-refractivity contribution in [3.05, 3.63) is 66.7 Å². The summed E-state index contributed by atoms with van der Waals surface area (Å²) in [6, 6.07) is 15.3. The molecule has 0 spiro atoms. The lowest BCUT2D eigenvalue weighted by molar-refractivity contribution is -0.124. The zero-order valence-corrected chi connectivity index (χ0v) is 22.4. The summed E-state index contributed by atoms with van der Waals surface area (Å²) >= 11 is 0. The number of aromatic nitrogens is 5. The average Bonchev–Trinajstić information content (AvgIpc) is 3.57. The third-order valence-electron chi connectivity index (χ3n) is 6.77. The highest BCUT2D eigenvalue weighted by atomic mass is 16.5. The summed E-state index contributed by atoms with van der Waals surface area (Å²) < 4.78 is 14.2. The summed E-state index contributed by atoms with van der Waals surface area (Å²) in [5, 5.41) is 3.36. The van der Waals surface area contributed by atoms with Crippen molar-refractivity contribution in [3.8, 4) is 29.2 Å². The maximum Gasteiger partial charge on any atom is 0.298 e. The highest BCUT2D eigenvalue weighted by molar-refractivity contribution is 5.93. The van der Waals surface area contributed by atoms with Crippen LogP contribution in [0, 0.1) is 18.8 Å². The Balaban J connectivity index is 1.18. The first-order valence-electron chi connectivity index (χ1n) is 12.9. The van der Waals surface area contributed by atoms with Gasteiger partial charge in [0.25, 0.3) is 5.91 Å². The van der Waals surface area contributed by atoms with Crippen molar-refractivity contribution in [2.24, 2.45) is 7.05 Å². The molecule has 1 N–H and O–H groups in total. The van der Waals surface area contributed by atoms with Gasteiger partial charge in [-0.15, -0.1) is 0 Å². The van der Waals surface area contributed by atoms with Gasteiger partial charge in [-0.3, -0.25) is 4.79 Å². The first kappa shape index (κ1) is 25.1. The molecule has 1 aliphatic heterocycles. The predicted octanol–water partition coefficient (Wildman–Crippen LogP) is 4.76. The molecule has 0 saturated carbocycles. The molecule has 1 unspecified atom stereocenters. The van der Waals surface area contributed by atoms with Gasteiger partial charge in [-0.25, -0.2) is 19.9 Å². The van der Waals surface area contributed by atoms with Crippen LogP contribution in [0.2, 0.25) is 0 Å². The second-order valence-electron chi connectivity index (χ2n) is 9.61. The average molecular weight is 534 g/mol. The number of carbonyl (C=O) groups excluding carboxylic acids is 1. The molecule has 10 nitrogen and oxygen atoms in total. The number of hydrogen-bond donors (Lipinski definition) is 1. The SMILES string of the molecule is CC#CC(=O)N1CCC(Oc2ccc3ncnc(Nc4ccc(Oc5ccc6c(c5)ncn6C)c(C)c4)c3n2)C1. The van der Waals surface area contributed by atoms with E-state index in [2.05, 4.69) is 37.1 Å². The molecule has 10 heteroatoms. The number of likely N-dealkylation sites (tertiary alicyclic amines) is 1. The molecule has 0 radical (unpaired) electrons. The molecule has 5 aromatic rings. The van der Waals surface area contributed by atoms with Crippen LogP contribution in [0.4, 0.5) is 11.5 Å². The minimum Gasteiger partial charge on any atom is -0.472 e. The van der Waals surface area contributed by atoms with Gasteiger partial charge in [-0.05, 0) is 61.7 Å². The first-order chi connectivity index (χ1) is 19.5. The number of hydrogen-bond acceptors (Lipinski definition) is 8.